The largest absolute Gasteiger partial charge is 0.293 e. The van der Waals surface area contributed by atoms with Gasteiger partial charge in [-0.1, -0.05) is 112 Å². The van der Waals surface area contributed by atoms with Crippen LogP contribution in [0.3, 0.4) is 0 Å². The lowest BCUT2D eigenvalue weighted by molar-refractivity contribution is 1.11. The van der Waals surface area contributed by atoms with Crippen molar-refractivity contribution in [3.05, 3.63) is 96.6 Å². The normalized spacial score (nSPS) is 12.3. The van der Waals surface area contributed by atoms with E-state index in [4.69, 9.17) is 4.98 Å². The molecule has 5 aromatic rings. The number of rotatable bonds is 5. The van der Waals surface area contributed by atoms with E-state index < -0.39 is 16.1 Å². The average Bonchev–Trinajstić information content (AvgIpc) is 3.22. The van der Waals surface area contributed by atoms with E-state index in [1.807, 2.05) is 0 Å². The molecular weight excluding hydrogens is 469 g/mol. The number of para-hydroxylation sites is 3. The summed E-state index contributed by atoms with van der Waals surface area (Å²) < 4.78 is 2.48. The Kier molecular flexibility index (Phi) is 6.13. The first-order valence-corrected chi connectivity index (χ1v) is 19.8. The number of fused-ring (bicyclic) bond motifs is 1. The van der Waals surface area contributed by atoms with Crippen molar-refractivity contribution in [3.8, 4) is 28.2 Å². The average molecular weight is 505 g/mol. The fourth-order valence-electron chi connectivity index (χ4n) is 5.13. The summed E-state index contributed by atoms with van der Waals surface area (Å²) in [6.45, 7) is 16.9. The molecule has 36 heavy (non-hydrogen) atoms. The van der Waals surface area contributed by atoms with E-state index in [1.54, 1.807) is 0 Å². The Labute approximate surface area is 217 Å². The van der Waals surface area contributed by atoms with Crippen LogP contribution >= 0.6 is 0 Å². The lowest BCUT2D eigenvalue weighted by Gasteiger charge is -2.29. The zero-order chi connectivity index (χ0) is 25.7. The van der Waals surface area contributed by atoms with Crippen LogP contribution in [0, 0.1) is 6.92 Å². The maximum absolute atomic E-state index is 5.26. The van der Waals surface area contributed by atoms with Gasteiger partial charge in [0.05, 0.1) is 27.2 Å². The first-order valence-electron chi connectivity index (χ1n) is 12.8. The number of imidazole rings is 1. The third-order valence-electron chi connectivity index (χ3n) is 7.02. The monoisotopic (exact) mass is 504 g/mol. The van der Waals surface area contributed by atoms with E-state index >= 15 is 0 Å². The minimum atomic E-state index is -1.65. The number of hydrogen-bond acceptors (Lipinski definition) is 1. The van der Waals surface area contributed by atoms with Crippen LogP contribution in [0.25, 0.3) is 39.2 Å². The van der Waals surface area contributed by atoms with Gasteiger partial charge < -0.3 is 0 Å². The molecule has 1 aromatic heterocycles. The molecule has 0 aliphatic carbocycles. The Bertz CT molecular complexity index is 1520. The topological polar surface area (TPSA) is 17.8 Å². The third kappa shape index (κ3) is 4.40. The highest BCUT2D eigenvalue weighted by molar-refractivity contribution is 6.93. The number of benzene rings is 4. The van der Waals surface area contributed by atoms with Crippen LogP contribution in [-0.4, -0.2) is 25.7 Å². The zero-order valence-corrected chi connectivity index (χ0v) is 24.6. The van der Waals surface area contributed by atoms with Gasteiger partial charge in [0.2, 0.25) is 0 Å². The lowest BCUT2D eigenvalue weighted by atomic mass is 9.98. The molecule has 0 atom stereocenters. The molecule has 1 heterocycles. The van der Waals surface area contributed by atoms with Gasteiger partial charge in [-0.2, -0.15) is 0 Å². The first kappa shape index (κ1) is 24.5. The molecule has 0 bridgehead atoms. The van der Waals surface area contributed by atoms with Crippen molar-refractivity contribution in [1.82, 2.24) is 9.55 Å². The van der Waals surface area contributed by atoms with Crippen molar-refractivity contribution in [2.75, 3.05) is 0 Å². The molecule has 0 aliphatic heterocycles. The van der Waals surface area contributed by atoms with Crippen molar-refractivity contribution >= 4 is 37.6 Å². The molecule has 0 fully saturated rings. The molecule has 0 spiro atoms. The van der Waals surface area contributed by atoms with Crippen molar-refractivity contribution in [3.63, 3.8) is 0 Å². The van der Waals surface area contributed by atoms with Gasteiger partial charge in [-0.05, 0) is 52.2 Å². The summed E-state index contributed by atoms with van der Waals surface area (Å²) in [6, 6.07) is 33.1. The maximum Gasteiger partial charge on any atom is 0.145 e. The van der Waals surface area contributed by atoms with Crippen molar-refractivity contribution < 1.29 is 0 Å². The molecule has 0 amide bonds. The molecule has 0 N–H and O–H groups in total. The van der Waals surface area contributed by atoms with Crippen LogP contribution in [0.15, 0.2) is 91.0 Å². The second-order valence-electron chi connectivity index (χ2n) is 11.9. The molecule has 0 unspecified atom stereocenters. The summed E-state index contributed by atoms with van der Waals surface area (Å²) in [5.74, 6) is 1.03. The lowest BCUT2D eigenvalue weighted by Crippen LogP contribution is -2.49. The Morgan fingerprint density at radius 2 is 1.22 bits per heavy atom. The van der Waals surface area contributed by atoms with Crippen LogP contribution in [0.2, 0.25) is 39.3 Å². The standard InChI is InChI=1S/C32H36N2Si2/c1-23-20-21-25(22-26(23)24-14-9-8-10-15-24)32-33-27-16-11-12-17-28(27)34(32)31-29(35(2,3)4)18-13-19-30(31)36(5,6)7/h8-22H,1-7H3. The Hall–Kier alpha value is -3.22. The first-order chi connectivity index (χ1) is 17.1. The van der Waals surface area contributed by atoms with E-state index in [0.29, 0.717) is 0 Å². The molecular formula is C32H36N2Si2. The van der Waals surface area contributed by atoms with Gasteiger partial charge in [-0.3, -0.25) is 4.57 Å². The summed E-state index contributed by atoms with van der Waals surface area (Å²) in [5.41, 5.74) is 8.53. The van der Waals surface area contributed by atoms with Crippen LogP contribution in [0.1, 0.15) is 5.56 Å². The van der Waals surface area contributed by atoms with E-state index in [1.165, 1.54) is 38.3 Å². The van der Waals surface area contributed by atoms with Crippen molar-refractivity contribution in [1.29, 1.82) is 0 Å². The predicted molar refractivity (Wildman–Crippen MR) is 163 cm³/mol. The van der Waals surface area contributed by atoms with E-state index in [-0.39, 0.29) is 0 Å². The van der Waals surface area contributed by atoms with Gasteiger partial charge >= 0.3 is 0 Å². The maximum atomic E-state index is 5.26. The van der Waals surface area contributed by atoms with Crippen LogP contribution in [-0.2, 0) is 0 Å². The van der Waals surface area contributed by atoms with Gasteiger partial charge in [0.1, 0.15) is 5.82 Å². The number of nitrogens with zero attached hydrogens (tertiary/aromatic N) is 2. The molecule has 4 aromatic carbocycles. The minimum Gasteiger partial charge on any atom is -0.293 e. The predicted octanol–water partition coefficient (Wildman–Crippen LogP) is 7.76. The SMILES string of the molecule is Cc1ccc(-c2nc3ccccc3n2-c2c([Si](C)(C)C)cccc2[Si](C)(C)C)cc1-c1ccccc1. The Morgan fingerprint density at radius 1 is 0.611 bits per heavy atom. The number of aryl methyl sites for hydroxylation is 1. The molecule has 0 saturated carbocycles. The minimum absolute atomic E-state index is 1.03. The number of hydrogen-bond donors (Lipinski definition) is 0. The summed E-state index contributed by atoms with van der Waals surface area (Å²) in [5, 5.41) is 3.00. The van der Waals surface area contributed by atoms with E-state index in [9.17, 15) is 0 Å². The highest BCUT2D eigenvalue weighted by Gasteiger charge is 2.30. The van der Waals surface area contributed by atoms with Crippen molar-refractivity contribution in [2.24, 2.45) is 0 Å². The second-order valence-corrected chi connectivity index (χ2v) is 21.9. The van der Waals surface area contributed by atoms with Crippen LogP contribution < -0.4 is 10.4 Å². The van der Waals surface area contributed by atoms with E-state index in [2.05, 4.69) is 142 Å². The van der Waals surface area contributed by atoms with Gasteiger partial charge in [-0.15, -0.1) is 0 Å². The summed E-state index contributed by atoms with van der Waals surface area (Å²) in [7, 11) is -3.31. The molecule has 0 radical (unpaired) electrons. The third-order valence-corrected chi connectivity index (χ3v) is 11.1. The smallest absolute Gasteiger partial charge is 0.145 e. The fraction of sp³-hybridized carbons (Fsp3) is 0.219. The van der Waals surface area contributed by atoms with Crippen molar-refractivity contribution in [2.45, 2.75) is 46.2 Å². The van der Waals surface area contributed by atoms with Crippen LogP contribution in [0.4, 0.5) is 0 Å². The molecule has 5 rings (SSSR count). The van der Waals surface area contributed by atoms with Gasteiger partial charge in [0.25, 0.3) is 0 Å². The van der Waals surface area contributed by atoms with Gasteiger partial charge in [0, 0.05) is 11.3 Å². The summed E-state index contributed by atoms with van der Waals surface area (Å²) in [6.07, 6.45) is 0. The Morgan fingerprint density at radius 3 is 1.86 bits per heavy atom. The van der Waals surface area contributed by atoms with Crippen LogP contribution in [0.5, 0.6) is 0 Å². The number of aromatic nitrogens is 2. The Balaban J connectivity index is 1.88. The van der Waals surface area contributed by atoms with Gasteiger partial charge in [0.15, 0.2) is 0 Å². The molecule has 2 nitrogen and oxygen atoms in total. The highest BCUT2D eigenvalue weighted by atomic mass is 28.3. The summed E-state index contributed by atoms with van der Waals surface area (Å²) in [4.78, 5) is 5.26. The highest BCUT2D eigenvalue weighted by Crippen LogP contribution is 2.33. The quantitative estimate of drug-likeness (QED) is 0.224. The fourth-order valence-corrected chi connectivity index (χ4v) is 8.36. The molecule has 182 valence electrons. The van der Waals surface area contributed by atoms with Gasteiger partial charge in [-0.25, -0.2) is 4.98 Å². The van der Waals surface area contributed by atoms with E-state index in [0.717, 1.165) is 16.9 Å². The molecule has 4 heteroatoms. The zero-order valence-electron chi connectivity index (χ0n) is 22.6. The molecule has 0 aliphatic rings. The second kappa shape index (κ2) is 9.02. The summed E-state index contributed by atoms with van der Waals surface area (Å²) >= 11 is 0. The molecule has 0 saturated heterocycles.